The second-order valence-corrected chi connectivity index (χ2v) is 8.45. The predicted octanol–water partition coefficient (Wildman–Crippen LogP) is 4.39. The van der Waals surface area contributed by atoms with Gasteiger partial charge in [0.05, 0.1) is 5.60 Å². The Labute approximate surface area is 166 Å². The zero-order valence-electron chi connectivity index (χ0n) is 16.2. The summed E-state index contributed by atoms with van der Waals surface area (Å²) in [6.07, 6.45) is 5.89. The van der Waals surface area contributed by atoms with E-state index in [4.69, 9.17) is 0 Å². The summed E-state index contributed by atoms with van der Waals surface area (Å²) in [5, 5.41) is 11.2. The zero-order chi connectivity index (χ0) is 19.6. The van der Waals surface area contributed by atoms with Gasteiger partial charge in [-0.2, -0.15) is 0 Å². The Kier molecular flexibility index (Phi) is 5.61. The van der Waals surface area contributed by atoms with E-state index in [1.165, 1.54) is 17.7 Å². The minimum Gasteiger partial charge on any atom is -0.389 e. The molecule has 2 unspecified atom stereocenters. The van der Waals surface area contributed by atoms with Gasteiger partial charge >= 0.3 is 0 Å². The second kappa shape index (κ2) is 8.14. The van der Waals surface area contributed by atoms with E-state index in [0.717, 1.165) is 45.1 Å². The number of benzene rings is 2. The zero-order valence-corrected chi connectivity index (χ0v) is 16.2. The molecule has 2 aliphatic rings. The topological polar surface area (TPSA) is 40.5 Å². The highest BCUT2D eigenvalue weighted by atomic mass is 19.1. The van der Waals surface area contributed by atoms with Gasteiger partial charge in [-0.15, -0.1) is 0 Å². The maximum Gasteiger partial charge on any atom is 0.162 e. The van der Waals surface area contributed by atoms with Gasteiger partial charge in [-0.3, -0.25) is 9.69 Å². The van der Waals surface area contributed by atoms with Crippen LogP contribution in [-0.2, 0) is 6.42 Å². The van der Waals surface area contributed by atoms with Gasteiger partial charge in [0.2, 0.25) is 0 Å². The van der Waals surface area contributed by atoms with Gasteiger partial charge in [-0.25, -0.2) is 4.39 Å². The third kappa shape index (κ3) is 4.34. The highest BCUT2D eigenvalue weighted by Gasteiger charge is 2.46. The first kappa shape index (κ1) is 19.3. The van der Waals surface area contributed by atoms with Gasteiger partial charge < -0.3 is 5.11 Å². The summed E-state index contributed by atoms with van der Waals surface area (Å²) in [5.41, 5.74) is 1.16. The summed E-state index contributed by atoms with van der Waals surface area (Å²) in [6, 6.07) is 16.9. The number of fused-ring (bicyclic) bond motifs is 2. The predicted molar refractivity (Wildman–Crippen MR) is 108 cm³/mol. The van der Waals surface area contributed by atoms with Crippen LogP contribution < -0.4 is 0 Å². The molecular formula is C24H28FNO2. The van der Waals surface area contributed by atoms with Crippen molar-refractivity contribution in [3.05, 3.63) is 71.5 Å². The van der Waals surface area contributed by atoms with E-state index in [0.29, 0.717) is 24.1 Å². The first-order chi connectivity index (χ1) is 13.5. The van der Waals surface area contributed by atoms with Gasteiger partial charge in [0.25, 0.3) is 0 Å². The molecule has 0 aromatic heterocycles. The number of hydrogen-bond acceptors (Lipinski definition) is 3. The van der Waals surface area contributed by atoms with Crippen LogP contribution in [0.5, 0.6) is 0 Å². The molecule has 2 aliphatic heterocycles. The fourth-order valence-corrected chi connectivity index (χ4v) is 5.10. The lowest BCUT2D eigenvalue weighted by atomic mass is 9.81. The van der Waals surface area contributed by atoms with Crippen molar-refractivity contribution in [2.45, 2.75) is 62.6 Å². The molecule has 4 heteroatoms. The number of ketones is 1. The SMILES string of the molecule is O=C(CCCN1C2CCC1CC(O)(Cc1ccccc1)C2)c1ccc(F)cc1. The monoisotopic (exact) mass is 381 g/mol. The van der Waals surface area contributed by atoms with Crippen LogP contribution in [-0.4, -0.2) is 40.0 Å². The number of Topliss-reactive ketones (excluding diaryl/α,β-unsaturated/α-hetero) is 1. The van der Waals surface area contributed by atoms with Gasteiger partial charge in [0, 0.05) is 30.5 Å². The van der Waals surface area contributed by atoms with Crippen molar-refractivity contribution in [2.24, 2.45) is 0 Å². The summed E-state index contributed by atoms with van der Waals surface area (Å²) < 4.78 is 13.0. The van der Waals surface area contributed by atoms with E-state index in [-0.39, 0.29) is 11.6 Å². The van der Waals surface area contributed by atoms with Crippen LogP contribution in [0.3, 0.4) is 0 Å². The Hall–Kier alpha value is -2.04. The normalized spacial score (nSPS) is 27.1. The number of rotatable bonds is 7. The van der Waals surface area contributed by atoms with Crippen LogP contribution in [0.4, 0.5) is 4.39 Å². The lowest BCUT2D eigenvalue weighted by Crippen LogP contribution is -2.52. The molecule has 0 aliphatic carbocycles. The maximum absolute atomic E-state index is 13.0. The minimum atomic E-state index is -0.617. The third-order valence-corrected chi connectivity index (χ3v) is 6.36. The fraction of sp³-hybridized carbons (Fsp3) is 0.458. The molecule has 2 atom stereocenters. The van der Waals surface area contributed by atoms with Crippen molar-refractivity contribution in [1.82, 2.24) is 4.90 Å². The van der Waals surface area contributed by atoms with Crippen LogP contribution in [0.1, 0.15) is 54.4 Å². The molecule has 2 bridgehead atoms. The van der Waals surface area contributed by atoms with Crippen LogP contribution in [0.25, 0.3) is 0 Å². The number of carbonyl (C=O) groups excluding carboxylic acids is 1. The molecule has 3 nitrogen and oxygen atoms in total. The average Bonchev–Trinajstić information content (AvgIpc) is 2.93. The smallest absolute Gasteiger partial charge is 0.162 e. The number of aliphatic hydroxyl groups is 1. The van der Waals surface area contributed by atoms with Crippen molar-refractivity contribution in [1.29, 1.82) is 0 Å². The van der Waals surface area contributed by atoms with Crippen molar-refractivity contribution in [3.8, 4) is 0 Å². The molecule has 0 radical (unpaired) electrons. The first-order valence-corrected chi connectivity index (χ1v) is 10.3. The number of hydrogen-bond donors (Lipinski definition) is 1. The number of piperidine rings is 1. The van der Waals surface area contributed by atoms with Crippen molar-refractivity contribution >= 4 is 5.78 Å². The summed E-state index contributed by atoms with van der Waals surface area (Å²) >= 11 is 0. The Morgan fingerprint density at radius 1 is 1.04 bits per heavy atom. The van der Waals surface area contributed by atoms with E-state index in [9.17, 15) is 14.3 Å². The summed E-state index contributed by atoms with van der Waals surface area (Å²) in [5.74, 6) is -0.241. The molecule has 2 fully saturated rings. The Balaban J connectivity index is 1.30. The van der Waals surface area contributed by atoms with Crippen molar-refractivity contribution in [3.63, 3.8) is 0 Å². The van der Waals surface area contributed by atoms with E-state index in [1.54, 1.807) is 12.1 Å². The van der Waals surface area contributed by atoms with Gasteiger partial charge in [-0.1, -0.05) is 30.3 Å². The van der Waals surface area contributed by atoms with Crippen molar-refractivity contribution < 1.29 is 14.3 Å². The van der Waals surface area contributed by atoms with E-state index < -0.39 is 5.60 Å². The molecule has 148 valence electrons. The summed E-state index contributed by atoms with van der Waals surface area (Å²) in [6.45, 7) is 0.893. The van der Waals surface area contributed by atoms with Gasteiger partial charge in [-0.05, 0) is 68.5 Å². The van der Waals surface area contributed by atoms with Crippen LogP contribution in [0, 0.1) is 5.82 Å². The van der Waals surface area contributed by atoms with E-state index in [1.807, 2.05) is 18.2 Å². The molecule has 2 aromatic rings. The fourth-order valence-electron chi connectivity index (χ4n) is 5.10. The number of nitrogens with zero attached hydrogens (tertiary/aromatic N) is 1. The molecule has 0 spiro atoms. The Morgan fingerprint density at radius 2 is 1.68 bits per heavy atom. The molecule has 2 aromatic carbocycles. The molecule has 2 saturated heterocycles. The van der Waals surface area contributed by atoms with E-state index in [2.05, 4.69) is 17.0 Å². The van der Waals surface area contributed by atoms with Gasteiger partial charge in [0.1, 0.15) is 5.82 Å². The second-order valence-electron chi connectivity index (χ2n) is 8.45. The molecule has 28 heavy (non-hydrogen) atoms. The van der Waals surface area contributed by atoms with E-state index >= 15 is 0 Å². The molecule has 0 amide bonds. The summed E-state index contributed by atoms with van der Waals surface area (Å²) in [7, 11) is 0. The Bertz CT molecular complexity index is 791. The maximum atomic E-state index is 13.0. The lowest BCUT2D eigenvalue weighted by molar-refractivity contribution is -0.0515. The molecule has 2 heterocycles. The number of halogens is 1. The highest BCUT2D eigenvalue weighted by Crippen LogP contribution is 2.42. The molecular weight excluding hydrogens is 353 g/mol. The van der Waals surface area contributed by atoms with Gasteiger partial charge in [0.15, 0.2) is 5.78 Å². The van der Waals surface area contributed by atoms with Crippen LogP contribution in [0.15, 0.2) is 54.6 Å². The molecule has 1 N–H and O–H groups in total. The largest absolute Gasteiger partial charge is 0.389 e. The third-order valence-electron chi connectivity index (χ3n) is 6.36. The summed E-state index contributed by atoms with van der Waals surface area (Å²) in [4.78, 5) is 14.8. The quantitative estimate of drug-likeness (QED) is 0.723. The standard InChI is InChI=1S/C24H28FNO2/c25-20-10-8-19(9-11-20)23(27)7-4-14-26-21-12-13-22(26)17-24(28,16-21)15-18-5-2-1-3-6-18/h1-3,5-6,8-11,21-22,28H,4,7,12-17H2. The highest BCUT2D eigenvalue weighted by molar-refractivity contribution is 5.95. The minimum absolute atomic E-state index is 0.0740. The van der Waals surface area contributed by atoms with Crippen LogP contribution >= 0.6 is 0 Å². The van der Waals surface area contributed by atoms with Crippen molar-refractivity contribution in [2.75, 3.05) is 6.54 Å². The number of carbonyl (C=O) groups is 1. The lowest BCUT2D eigenvalue weighted by Gasteiger charge is -2.44. The Morgan fingerprint density at radius 3 is 2.32 bits per heavy atom. The molecule has 0 saturated carbocycles. The van der Waals surface area contributed by atoms with Crippen LogP contribution in [0.2, 0.25) is 0 Å². The first-order valence-electron chi connectivity index (χ1n) is 10.3. The molecule has 4 rings (SSSR count). The average molecular weight is 381 g/mol.